The van der Waals surface area contributed by atoms with Crippen LogP contribution in [0.15, 0.2) is 89.6 Å². The Labute approximate surface area is 223 Å². The van der Waals surface area contributed by atoms with E-state index in [0.29, 0.717) is 17.1 Å². The molecule has 0 N–H and O–H groups in total. The minimum Gasteiger partial charge on any atom is -0.469 e. The van der Waals surface area contributed by atoms with Crippen molar-refractivity contribution in [3.05, 3.63) is 101 Å². The van der Waals surface area contributed by atoms with Gasteiger partial charge in [-0.1, -0.05) is 48.0 Å². The Bertz CT molecular complexity index is 1830. The van der Waals surface area contributed by atoms with E-state index in [1.807, 2.05) is 65.5 Å². The SMILES string of the molecule is COC(=O)CCC(=O)c1cn(Cc2ccc(-c3cccc4c3oc3ccccc34)nc2)c2ccc(Cl)cc12. The van der Waals surface area contributed by atoms with Gasteiger partial charge < -0.3 is 13.7 Å². The van der Waals surface area contributed by atoms with Crippen molar-refractivity contribution in [2.45, 2.75) is 19.4 Å². The van der Waals surface area contributed by atoms with E-state index in [1.54, 1.807) is 12.1 Å². The van der Waals surface area contributed by atoms with Crippen molar-refractivity contribution >= 4 is 56.2 Å². The number of carbonyl (C=O) groups excluding carboxylic acids is 2. The van der Waals surface area contributed by atoms with Gasteiger partial charge in [-0.05, 0) is 42.0 Å². The molecule has 0 saturated carbocycles. The van der Waals surface area contributed by atoms with Crippen molar-refractivity contribution < 1.29 is 18.7 Å². The van der Waals surface area contributed by atoms with E-state index < -0.39 is 5.97 Å². The molecule has 0 bridgehead atoms. The number of halogens is 1. The molecule has 6 aromatic rings. The first kappa shape index (κ1) is 23.9. The van der Waals surface area contributed by atoms with Gasteiger partial charge >= 0.3 is 5.97 Å². The maximum Gasteiger partial charge on any atom is 0.305 e. The first-order chi connectivity index (χ1) is 18.5. The summed E-state index contributed by atoms with van der Waals surface area (Å²) in [7, 11) is 1.31. The van der Waals surface area contributed by atoms with Gasteiger partial charge in [0.15, 0.2) is 5.78 Å². The first-order valence-corrected chi connectivity index (χ1v) is 12.6. The number of pyridine rings is 1. The number of Topliss-reactive ketones (excluding diaryl/α,β-unsaturated/α-hetero) is 1. The average Bonchev–Trinajstić information content (AvgIpc) is 3.50. The van der Waals surface area contributed by atoms with Gasteiger partial charge in [0.2, 0.25) is 0 Å². The van der Waals surface area contributed by atoms with E-state index in [2.05, 4.69) is 16.9 Å². The van der Waals surface area contributed by atoms with Crippen LogP contribution in [0.2, 0.25) is 5.02 Å². The van der Waals surface area contributed by atoms with Crippen LogP contribution in [0.4, 0.5) is 0 Å². The summed E-state index contributed by atoms with van der Waals surface area (Å²) in [5, 5.41) is 3.44. The molecule has 188 valence electrons. The fraction of sp³-hybridized carbons (Fsp3) is 0.129. The number of hydrogen-bond donors (Lipinski definition) is 0. The number of fused-ring (bicyclic) bond motifs is 4. The molecule has 7 heteroatoms. The van der Waals surface area contributed by atoms with E-state index >= 15 is 0 Å². The molecule has 38 heavy (non-hydrogen) atoms. The minimum absolute atomic E-state index is 0.0337. The Kier molecular flexibility index (Phi) is 6.18. The molecule has 6 rings (SSSR count). The second-order valence-electron chi connectivity index (χ2n) is 9.16. The summed E-state index contributed by atoms with van der Waals surface area (Å²) >= 11 is 6.25. The topological polar surface area (TPSA) is 74.3 Å². The van der Waals surface area contributed by atoms with E-state index in [4.69, 9.17) is 21.0 Å². The third-order valence-electron chi connectivity index (χ3n) is 6.79. The van der Waals surface area contributed by atoms with Crippen LogP contribution in [0.1, 0.15) is 28.8 Å². The number of ketones is 1. The van der Waals surface area contributed by atoms with Crippen molar-refractivity contribution in [1.29, 1.82) is 0 Å². The number of para-hydroxylation sites is 2. The highest BCUT2D eigenvalue weighted by Crippen LogP contribution is 2.35. The third kappa shape index (κ3) is 4.33. The molecule has 0 aliphatic rings. The van der Waals surface area contributed by atoms with Crippen molar-refractivity contribution in [3.8, 4) is 11.3 Å². The van der Waals surface area contributed by atoms with Gasteiger partial charge in [-0.2, -0.15) is 0 Å². The molecule has 0 saturated heterocycles. The lowest BCUT2D eigenvalue weighted by Gasteiger charge is -2.07. The van der Waals surface area contributed by atoms with Gasteiger partial charge in [-0.3, -0.25) is 14.6 Å². The zero-order valence-corrected chi connectivity index (χ0v) is 21.4. The van der Waals surface area contributed by atoms with Crippen LogP contribution in [0.25, 0.3) is 44.1 Å². The summed E-state index contributed by atoms with van der Waals surface area (Å²) < 4.78 is 12.9. The highest BCUT2D eigenvalue weighted by atomic mass is 35.5. The number of furan rings is 1. The number of benzene rings is 3. The molecule has 6 nitrogen and oxygen atoms in total. The number of methoxy groups -OCH3 is 1. The van der Waals surface area contributed by atoms with Gasteiger partial charge in [0, 0.05) is 63.2 Å². The first-order valence-electron chi connectivity index (χ1n) is 12.3. The second kappa shape index (κ2) is 9.80. The highest BCUT2D eigenvalue weighted by Gasteiger charge is 2.18. The van der Waals surface area contributed by atoms with Crippen LogP contribution < -0.4 is 0 Å². The Morgan fingerprint density at radius 1 is 0.947 bits per heavy atom. The van der Waals surface area contributed by atoms with Crippen LogP contribution in [0.3, 0.4) is 0 Å². The molecule has 3 heterocycles. The number of aromatic nitrogens is 2. The van der Waals surface area contributed by atoms with E-state index in [9.17, 15) is 9.59 Å². The van der Waals surface area contributed by atoms with Gasteiger partial charge in [-0.25, -0.2) is 0 Å². The Morgan fingerprint density at radius 3 is 2.61 bits per heavy atom. The molecule has 0 spiro atoms. The quantitative estimate of drug-likeness (QED) is 0.161. The number of rotatable bonds is 7. The molecule has 0 unspecified atom stereocenters. The maximum absolute atomic E-state index is 12.9. The minimum atomic E-state index is -0.412. The Balaban J connectivity index is 1.31. The van der Waals surface area contributed by atoms with Gasteiger partial charge in [0.1, 0.15) is 11.2 Å². The number of esters is 1. The lowest BCUT2D eigenvalue weighted by atomic mass is 10.1. The molecule has 0 fully saturated rings. The second-order valence-corrected chi connectivity index (χ2v) is 9.60. The van der Waals surface area contributed by atoms with Crippen LogP contribution in [0, 0.1) is 0 Å². The molecule has 0 atom stereocenters. The summed E-state index contributed by atoms with van der Waals surface area (Å²) in [5.74, 6) is -0.543. The molecule has 3 aromatic heterocycles. The number of nitrogens with zero attached hydrogens (tertiary/aromatic N) is 2. The van der Waals surface area contributed by atoms with E-state index in [0.717, 1.165) is 49.7 Å². The predicted octanol–water partition coefficient (Wildman–Crippen LogP) is 7.44. The van der Waals surface area contributed by atoms with Crippen LogP contribution >= 0.6 is 11.6 Å². The van der Waals surface area contributed by atoms with E-state index in [-0.39, 0.29) is 18.6 Å². The standard InChI is InChI=1S/C31H23ClN2O4/c1-37-30(36)14-13-28(35)25-18-34(27-12-10-20(32)15-24(25)27)17-19-9-11-26(33-16-19)23-7-4-6-22-21-5-2-3-8-29(21)38-31(22)23/h2-12,15-16,18H,13-14,17H2,1H3. The molecule has 0 aliphatic carbocycles. The van der Waals surface area contributed by atoms with Crippen LogP contribution in [-0.4, -0.2) is 28.4 Å². The predicted molar refractivity (Wildman–Crippen MR) is 149 cm³/mol. The molecule has 0 radical (unpaired) electrons. The normalized spacial score (nSPS) is 11.4. The van der Waals surface area contributed by atoms with Gasteiger partial charge in [0.25, 0.3) is 0 Å². The average molecular weight is 523 g/mol. The zero-order chi connectivity index (χ0) is 26.2. The van der Waals surface area contributed by atoms with Crippen LogP contribution in [-0.2, 0) is 16.1 Å². The summed E-state index contributed by atoms with van der Waals surface area (Å²) in [6, 6.07) is 23.6. The van der Waals surface area contributed by atoms with Gasteiger partial charge in [-0.15, -0.1) is 0 Å². The third-order valence-corrected chi connectivity index (χ3v) is 7.02. The van der Waals surface area contributed by atoms with Crippen molar-refractivity contribution in [1.82, 2.24) is 9.55 Å². The summed E-state index contributed by atoms with van der Waals surface area (Å²) in [6.07, 6.45) is 3.77. The Morgan fingerprint density at radius 2 is 1.79 bits per heavy atom. The summed E-state index contributed by atoms with van der Waals surface area (Å²) in [5.41, 5.74) is 5.82. The largest absolute Gasteiger partial charge is 0.469 e. The number of ether oxygens (including phenoxy) is 1. The molecular formula is C31H23ClN2O4. The lowest BCUT2D eigenvalue weighted by molar-refractivity contribution is -0.140. The Hall–Kier alpha value is -4.42. The van der Waals surface area contributed by atoms with Crippen molar-refractivity contribution in [2.75, 3.05) is 7.11 Å². The van der Waals surface area contributed by atoms with Crippen molar-refractivity contribution in [3.63, 3.8) is 0 Å². The number of hydrogen-bond acceptors (Lipinski definition) is 5. The summed E-state index contributed by atoms with van der Waals surface area (Å²) in [6.45, 7) is 0.518. The molecule has 3 aromatic carbocycles. The fourth-order valence-electron chi connectivity index (χ4n) is 4.90. The van der Waals surface area contributed by atoms with E-state index in [1.165, 1.54) is 7.11 Å². The number of carbonyl (C=O) groups is 2. The fourth-order valence-corrected chi connectivity index (χ4v) is 5.07. The highest BCUT2D eigenvalue weighted by molar-refractivity contribution is 6.31. The monoisotopic (exact) mass is 522 g/mol. The summed E-state index contributed by atoms with van der Waals surface area (Å²) in [4.78, 5) is 29.2. The lowest BCUT2D eigenvalue weighted by Crippen LogP contribution is -2.06. The van der Waals surface area contributed by atoms with Gasteiger partial charge in [0.05, 0.1) is 19.2 Å². The van der Waals surface area contributed by atoms with Crippen LogP contribution in [0.5, 0.6) is 0 Å². The smallest absolute Gasteiger partial charge is 0.305 e. The molecule has 0 aliphatic heterocycles. The maximum atomic E-state index is 12.9. The molecule has 0 amide bonds. The molecular weight excluding hydrogens is 500 g/mol. The zero-order valence-electron chi connectivity index (χ0n) is 20.6. The van der Waals surface area contributed by atoms with Crippen molar-refractivity contribution in [2.24, 2.45) is 0 Å².